The SMILES string of the molecule is Cc1ccc(/C=N\NC(=O)c2cc(-c3ccc(C)cc3)n[nH]2)cc1. The van der Waals surface area contributed by atoms with Crippen LogP contribution in [0.3, 0.4) is 0 Å². The highest BCUT2D eigenvalue weighted by Crippen LogP contribution is 2.18. The molecule has 0 aliphatic rings. The smallest absolute Gasteiger partial charge is 0.272 e. The number of carbonyl (C=O) groups is 1. The highest BCUT2D eigenvalue weighted by Gasteiger charge is 2.10. The molecule has 0 spiro atoms. The van der Waals surface area contributed by atoms with Crippen LogP contribution in [0.4, 0.5) is 0 Å². The van der Waals surface area contributed by atoms with Crippen LogP contribution in [0.5, 0.6) is 0 Å². The molecular formula is C19H18N4O. The summed E-state index contributed by atoms with van der Waals surface area (Å²) in [6.45, 7) is 4.05. The van der Waals surface area contributed by atoms with Crippen LogP contribution in [-0.2, 0) is 0 Å². The zero-order chi connectivity index (χ0) is 16.9. The van der Waals surface area contributed by atoms with Gasteiger partial charge in [-0.1, -0.05) is 59.7 Å². The lowest BCUT2D eigenvalue weighted by Crippen LogP contribution is -2.17. The predicted octanol–water partition coefficient (Wildman–Crippen LogP) is 3.46. The molecule has 0 unspecified atom stereocenters. The van der Waals surface area contributed by atoms with E-state index >= 15 is 0 Å². The summed E-state index contributed by atoms with van der Waals surface area (Å²) in [6.07, 6.45) is 1.61. The van der Waals surface area contributed by atoms with Crippen molar-refractivity contribution in [3.05, 3.63) is 77.0 Å². The van der Waals surface area contributed by atoms with Crippen molar-refractivity contribution in [1.29, 1.82) is 0 Å². The Labute approximate surface area is 140 Å². The second-order valence-corrected chi connectivity index (χ2v) is 5.64. The second kappa shape index (κ2) is 6.91. The Morgan fingerprint density at radius 1 is 1.04 bits per heavy atom. The zero-order valence-electron chi connectivity index (χ0n) is 13.6. The Morgan fingerprint density at radius 3 is 2.33 bits per heavy atom. The van der Waals surface area contributed by atoms with Crippen molar-refractivity contribution in [2.75, 3.05) is 0 Å². The first-order chi connectivity index (χ1) is 11.6. The normalized spacial score (nSPS) is 10.9. The lowest BCUT2D eigenvalue weighted by molar-refractivity contribution is 0.0950. The fourth-order valence-electron chi connectivity index (χ4n) is 2.19. The summed E-state index contributed by atoms with van der Waals surface area (Å²) < 4.78 is 0. The van der Waals surface area contributed by atoms with E-state index in [1.165, 1.54) is 11.1 Å². The van der Waals surface area contributed by atoms with Crippen LogP contribution in [0, 0.1) is 13.8 Å². The maximum Gasteiger partial charge on any atom is 0.289 e. The van der Waals surface area contributed by atoms with Gasteiger partial charge in [0.15, 0.2) is 0 Å². The third-order valence-electron chi connectivity index (χ3n) is 3.63. The van der Waals surface area contributed by atoms with E-state index in [4.69, 9.17) is 0 Å². The van der Waals surface area contributed by atoms with Crippen molar-refractivity contribution >= 4 is 12.1 Å². The average molecular weight is 318 g/mol. The number of aryl methyl sites for hydroxylation is 2. The van der Waals surface area contributed by atoms with Gasteiger partial charge >= 0.3 is 0 Å². The lowest BCUT2D eigenvalue weighted by atomic mass is 10.1. The molecule has 0 fully saturated rings. The minimum Gasteiger partial charge on any atom is -0.272 e. The number of benzene rings is 2. The first-order valence-electron chi connectivity index (χ1n) is 7.64. The number of nitrogens with one attached hydrogen (secondary N) is 2. The van der Waals surface area contributed by atoms with Crippen LogP contribution in [-0.4, -0.2) is 22.3 Å². The van der Waals surface area contributed by atoms with Crippen LogP contribution in [0.15, 0.2) is 59.7 Å². The molecule has 2 N–H and O–H groups in total. The molecule has 0 saturated carbocycles. The van der Waals surface area contributed by atoms with Gasteiger partial charge in [-0.15, -0.1) is 0 Å². The molecule has 0 saturated heterocycles. The molecule has 120 valence electrons. The van der Waals surface area contributed by atoms with E-state index in [9.17, 15) is 4.79 Å². The predicted molar refractivity (Wildman–Crippen MR) is 95.0 cm³/mol. The summed E-state index contributed by atoms with van der Waals surface area (Å²) in [5, 5.41) is 10.9. The number of carbonyl (C=O) groups excluding carboxylic acids is 1. The largest absolute Gasteiger partial charge is 0.289 e. The number of aromatic nitrogens is 2. The van der Waals surface area contributed by atoms with Crippen LogP contribution in [0.25, 0.3) is 11.3 Å². The van der Waals surface area contributed by atoms with Gasteiger partial charge in [-0.05, 0) is 25.5 Å². The molecule has 3 rings (SSSR count). The van der Waals surface area contributed by atoms with E-state index in [2.05, 4.69) is 20.7 Å². The summed E-state index contributed by atoms with van der Waals surface area (Å²) in [7, 11) is 0. The van der Waals surface area contributed by atoms with Crippen molar-refractivity contribution in [3.8, 4) is 11.3 Å². The van der Waals surface area contributed by atoms with Gasteiger partial charge in [0.2, 0.25) is 0 Å². The van der Waals surface area contributed by atoms with Gasteiger partial charge in [0.25, 0.3) is 5.91 Å². The number of H-pyrrole nitrogens is 1. The summed E-state index contributed by atoms with van der Waals surface area (Å²) in [5.41, 5.74) is 7.82. The van der Waals surface area contributed by atoms with Crippen LogP contribution in [0.2, 0.25) is 0 Å². The fourth-order valence-corrected chi connectivity index (χ4v) is 2.19. The zero-order valence-corrected chi connectivity index (χ0v) is 13.6. The standard InChI is InChI=1S/C19H18N4O/c1-13-3-7-15(8-4-13)12-20-23-19(24)18-11-17(21-22-18)16-9-5-14(2)6-10-16/h3-12H,1-2H3,(H,21,22)(H,23,24)/b20-12-. The molecule has 5 heteroatoms. The molecule has 0 atom stereocenters. The molecule has 5 nitrogen and oxygen atoms in total. The highest BCUT2D eigenvalue weighted by molar-refractivity contribution is 5.94. The van der Waals surface area contributed by atoms with Gasteiger partial charge in [0, 0.05) is 5.56 Å². The molecule has 1 aromatic heterocycles. The van der Waals surface area contributed by atoms with E-state index in [0.717, 1.165) is 16.8 Å². The summed E-state index contributed by atoms with van der Waals surface area (Å²) in [5.74, 6) is -0.329. The Morgan fingerprint density at radius 2 is 1.67 bits per heavy atom. The quantitative estimate of drug-likeness (QED) is 0.571. The summed E-state index contributed by atoms with van der Waals surface area (Å²) >= 11 is 0. The number of hydrogen-bond donors (Lipinski definition) is 2. The van der Waals surface area contributed by atoms with Crippen molar-refractivity contribution < 1.29 is 4.79 Å². The van der Waals surface area contributed by atoms with Crippen molar-refractivity contribution in [2.45, 2.75) is 13.8 Å². The minimum atomic E-state index is -0.329. The molecular weight excluding hydrogens is 300 g/mol. The van der Waals surface area contributed by atoms with Crippen molar-refractivity contribution in [2.24, 2.45) is 5.10 Å². The van der Waals surface area contributed by atoms with E-state index < -0.39 is 0 Å². The third-order valence-corrected chi connectivity index (χ3v) is 3.63. The third kappa shape index (κ3) is 3.76. The fraction of sp³-hybridized carbons (Fsp3) is 0.105. The summed E-state index contributed by atoms with van der Waals surface area (Å²) in [4.78, 5) is 12.1. The summed E-state index contributed by atoms with van der Waals surface area (Å²) in [6, 6.07) is 17.5. The van der Waals surface area contributed by atoms with Crippen LogP contribution >= 0.6 is 0 Å². The monoisotopic (exact) mass is 318 g/mol. The Kier molecular flexibility index (Phi) is 4.52. The highest BCUT2D eigenvalue weighted by atomic mass is 16.2. The first-order valence-corrected chi connectivity index (χ1v) is 7.64. The Hall–Kier alpha value is -3.21. The molecule has 3 aromatic rings. The Balaban J connectivity index is 1.65. The molecule has 1 heterocycles. The number of hydrazone groups is 1. The van der Waals surface area contributed by atoms with E-state index in [1.807, 2.05) is 62.4 Å². The maximum atomic E-state index is 12.1. The van der Waals surface area contributed by atoms with E-state index in [1.54, 1.807) is 12.3 Å². The van der Waals surface area contributed by atoms with Crippen LogP contribution < -0.4 is 5.43 Å². The van der Waals surface area contributed by atoms with Gasteiger partial charge in [-0.3, -0.25) is 9.89 Å². The van der Waals surface area contributed by atoms with Gasteiger partial charge in [0.1, 0.15) is 5.69 Å². The van der Waals surface area contributed by atoms with Crippen molar-refractivity contribution in [3.63, 3.8) is 0 Å². The molecule has 0 bridgehead atoms. The lowest BCUT2D eigenvalue weighted by Gasteiger charge is -1.97. The molecule has 24 heavy (non-hydrogen) atoms. The number of hydrogen-bond acceptors (Lipinski definition) is 3. The van der Waals surface area contributed by atoms with E-state index in [0.29, 0.717) is 5.69 Å². The second-order valence-electron chi connectivity index (χ2n) is 5.64. The molecule has 0 aliphatic carbocycles. The van der Waals surface area contributed by atoms with Gasteiger partial charge in [-0.25, -0.2) is 5.43 Å². The molecule has 0 aliphatic heterocycles. The topological polar surface area (TPSA) is 70.1 Å². The molecule has 1 amide bonds. The van der Waals surface area contributed by atoms with Gasteiger partial charge < -0.3 is 0 Å². The number of rotatable bonds is 4. The number of aromatic amines is 1. The van der Waals surface area contributed by atoms with Crippen LogP contribution in [0.1, 0.15) is 27.2 Å². The Bertz CT molecular complexity index is 861. The van der Waals surface area contributed by atoms with E-state index in [-0.39, 0.29) is 5.91 Å². The first kappa shape index (κ1) is 15.7. The van der Waals surface area contributed by atoms with Crippen molar-refractivity contribution in [1.82, 2.24) is 15.6 Å². The number of amides is 1. The van der Waals surface area contributed by atoms with Gasteiger partial charge in [0.05, 0.1) is 11.9 Å². The minimum absolute atomic E-state index is 0.329. The van der Waals surface area contributed by atoms with Gasteiger partial charge in [-0.2, -0.15) is 10.2 Å². The maximum absolute atomic E-state index is 12.1. The molecule has 0 radical (unpaired) electrons. The average Bonchev–Trinajstić information content (AvgIpc) is 3.07. The number of nitrogens with zero attached hydrogens (tertiary/aromatic N) is 2. The molecule has 2 aromatic carbocycles.